The van der Waals surface area contributed by atoms with E-state index in [0.717, 1.165) is 0 Å². The van der Waals surface area contributed by atoms with E-state index in [9.17, 15) is 9.59 Å². The van der Waals surface area contributed by atoms with Crippen LogP contribution in [-0.4, -0.2) is 42.8 Å². The van der Waals surface area contributed by atoms with Crippen molar-refractivity contribution in [2.24, 2.45) is 0 Å². The van der Waals surface area contributed by atoms with Gasteiger partial charge in [0.2, 0.25) is 0 Å². The highest BCUT2D eigenvalue weighted by Gasteiger charge is 2.15. The molecule has 0 aliphatic heterocycles. The van der Waals surface area contributed by atoms with Crippen molar-refractivity contribution in [1.29, 1.82) is 0 Å². The summed E-state index contributed by atoms with van der Waals surface area (Å²) in [5, 5.41) is 14.9. The summed E-state index contributed by atoms with van der Waals surface area (Å²) >= 11 is 0. The maximum atomic E-state index is 11.7. The van der Waals surface area contributed by atoms with E-state index >= 15 is 0 Å². The Bertz CT molecular complexity index is 579. The maximum Gasteiger partial charge on any atom is 0.325 e. The zero-order valence-corrected chi connectivity index (χ0v) is 10.0. The minimum Gasteiger partial charge on any atom is -0.480 e. The van der Waals surface area contributed by atoms with Crippen molar-refractivity contribution in [2.45, 2.75) is 13.0 Å². The first-order chi connectivity index (χ1) is 9.08. The lowest BCUT2D eigenvalue weighted by molar-refractivity contribution is -0.138. The van der Waals surface area contributed by atoms with Crippen LogP contribution in [0.4, 0.5) is 0 Å². The number of nitrogens with zero attached hydrogens (tertiary/aromatic N) is 4. The third-order valence-electron chi connectivity index (χ3n) is 2.38. The van der Waals surface area contributed by atoms with Gasteiger partial charge in [-0.25, -0.2) is 14.6 Å². The molecule has 0 radical (unpaired) electrons. The largest absolute Gasteiger partial charge is 0.480 e. The van der Waals surface area contributed by atoms with Crippen LogP contribution in [-0.2, 0) is 4.79 Å². The molecule has 0 saturated heterocycles. The Labute approximate surface area is 108 Å². The molecule has 0 aliphatic carbocycles. The second-order valence-corrected chi connectivity index (χ2v) is 3.78. The highest BCUT2D eigenvalue weighted by Crippen LogP contribution is 2.04. The van der Waals surface area contributed by atoms with Crippen molar-refractivity contribution in [3.05, 3.63) is 36.5 Å². The number of aliphatic carboxylic acids is 1. The maximum absolute atomic E-state index is 11.7. The van der Waals surface area contributed by atoms with Gasteiger partial charge in [0.25, 0.3) is 5.91 Å². The summed E-state index contributed by atoms with van der Waals surface area (Å²) in [7, 11) is 0. The molecule has 2 aromatic heterocycles. The molecule has 0 unspecified atom stereocenters. The van der Waals surface area contributed by atoms with E-state index in [1.807, 2.05) is 0 Å². The van der Waals surface area contributed by atoms with Crippen LogP contribution < -0.4 is 5.32 Å². The highest BCUT2D eigenvalue weighted by molar-refractivity contribution is 5.96. The van der Waals surface area contributed by atoms with Gasteiger partial charge < -0.3 is 10.4 Å². The first kappa shape index (κ1) is 12.7. The van der Waals surface area contributed by atoms with Crippen molar-refractivity contribution in [1.82, 2.24) is 25.1 Å². The van der Waals surface area contributed by atoms with Crippen LogP contribution in [0.25, 0.3) is 5.82 Å². The molecule has 1 amide bonds. The second kappa shape index (κ2) is 5.25. The summed E-state index contributed by atoms with van der Waals surface area (Å²) < 4.78 is 1.45. The molecular formula is C11H11N5O3. The average molecular weight is 261 g/mol. The van der Waals surface area contributed by atoms with Gasteiger partial charge >= 0.3 is 5.97 Å². The van der Waals surface area contributed by atoms with Crippen molar-refractivity contribution in [2.75, 3.05) is 0 Å². The summed E-state index contributed by atoms with van der Waals surface area (Å²) in [6.45, 7) is 1.39. The summed E-state index contributed by atoms with van der Waals surface area (Å²) in [6, 6.07) is 2.17. The summed E-state index contributed by atoms with van der Waals surface area (Å²) in [5.74, 6) is -1.08. The zero-order valence-electron chi connectivity index (χ0n) is 10.0. The molecule has 19 heavy (non-hydrogen) atoms. The van der Waals surface area contributed by atoms with Crippen molar-refractivity contribution in [3.8, 4) is 5.82 Å². The molecule has 0 bridgehead atoms. The number of rotatable bonds is 4. The van der Waals surface area contributed by atoms with Crippen molar-refractivity contribution >= 4 is 11.9 Å². The number of hydrogen-bond acceptors (Lipinski definition) is 5. The topological polar surface area (TPSA) is 110 Å². The predicted octanol–water partition coefficient (Wildman–Crippen LogP) is -0.135. The molecule has 2 aromatic rings. The number of carboxylic acid groups (broad SMARTS) is 1. The third-order valence-corrected chi connectivity index (χ3v) is 2.38. The summed E-state index contributed by atoms with van der Waals surface area (Å²) in [4.78, 5) is 30.2. The van der Waals surface area contributed by atoms with E-state index in [4.69, 9.17) is 5.11 Å². The smallest absolute Gasteiger partial charge is 0.325 e. The Morgan fingerprint density at radius 3 is 2.74 bits per heavy atom. The lowest BCUT2D eigenvalue weighted by atomic mass is 10.2. The van der Waals surface area contributed by atoms with Gasteiger partial charge in [-0.1, -0.05) is 0 Å². The van der Waals surface area contributed by atoms with Gasteiger partial charge in [0.1, 0.15) is 18.7 Å². The van der Waals surface area contributed by atoms with Gasteiger partial charge in [0.15, 0.2) is 5.82 Å². The molecule has 0 spiro atoms. The quantitative estimate of drug-likeness (QED) is 0.793. The van der Waals surface area contributed by atoms with E-state index < -0.39 is 17.9 Å². The molecule has 0 fully saturated rings. The number of carboxylic acids is 1. The van der Waals surface area contributed by atoms with E-state index in [0.29, 0.717) is 5.82 Å². The number of amides is 1. The molecule has 0 aliphatic rings. The second-order valence-electron chi connectivity index (χ2n) is 3.78. The molecule has 2 N–H and O–H groups in total. The molecule has 8 heteroatoms. The molecule has 0 saturated carbocycles. The monoisotopic (exact) mass is 261 g/mol. The number of carbonyl (C=O) groups excluding carboxylic acids is 1. The number of pyridine rings is 1. The fraction of sp³-hybridized carbons (Fsp3) is 0.182. The van der Waals surface area contributed by atoms with Gasteiger partial charge in [-0.15, -0.1) is 0 Å². The van der Waals surface area contributed by atoms with Crippen LogP contribution in [0.3, 0.4) is 0 Å². The van der Waals surface area contributed by atoms with Crippen LogP contribution in [0.5, 0.6) is 0 Å². The molecule has 1 atom stereocenters. The Morgan fingerprint density at radius 1 is 1.42 bits per heavy atom. The molecular weight excluding hydrogens is 250 g/mol. The molecule has 2 heterocycles. The highest BCUT2D eigenvalue weighted by atomic mass is 16.4. The Balaban J connectivity index is 2.10. The van der Waals surface area contributed by atoms with Crippen molar-refractivity contribution in [3.63, 3.8) is 0 Å². The molecule has 98 valence electrons. The average Bonchev–Trinajstić information content (AvgIpc) is 2.92. The SMILES string of the molecule is C[C@H](NC(=O)c1ccc(-n2cncn2)nc1)C(=O)O. The van der Waals surface area contributed by atoms with Crippen LogP contribution in [0, 0.1) is 0 Å². The van der Waals surface area contributed by atoms with Gasteiger partial charge in [-0.3, -0.25) is 9.59 Å². The fourth-order valence-electron chi connectivity index (χ4n) is 1.32. The van der Waals surface area contributed by atoms with E-state index in [2.05, 4.69) is 20.4 Å². The van der Waals surface area contributed by atoms with Gasteiger partial charge in [-0.05, 0) is 19.1 Å². The molecule has 8 nitrogen and oxygen atoms in total. The van der Waals surface area contributed by atoms with Crippen LogP contribution in [0.15, 0.2) is 31.0 Å². The predicted molar refractivity (Wildman–Crippen MR) is 63.7 cm³/mol. The standard InChI is InChI=1S/C11H11N5O3/c1-7(11(18)19)15-10(17)8-2-3-9(13-4-8)16-6-12-5-14-16/h2-7H,1H3,(H,15,17)(H,18,19)/t7-/m0/s1. The fourth-order valence-corrected chi connectivity index (χ4v) is 1.32. The third kappa shape index (κ3) is 2.92. The summed E-state index contributed by atoms with van der Waals surface area (Å²) in [5.41, 5.74) is 0.275. The number of hydrogen-bond donors (Lipinski definition) is 2. The van der Waals surface area contributed by atoms with Gasteiger partial charge in [0.05, 0.1) is 5.56 Å². The summed E-state index contributed by atoms with van der Waals surface area (Å²) in [6.07, 6.45) is 4.20. The number of nitrogens with one attached hydrogen (secondary N) is 1. The minimum atomic E-state index is -1.10. The van der Waals surface area contributed by atoms with Crippen molar-refractivity contribution < 1.29 is 14.7 Å². The lowest BCUT2D eigenvalue weighted by Crippen LogP contribution is -2.38. The van der Waals surface area contributed by atoms with Crippen LogP contribution in [0.1, 0.15) is 17.3 Å². The first-order valence-electron chi connectivity index (χ1n) is 5.42. The Kier molecular flexibility index (Phi) is 3.51. The van der Waals surface area contributed by atoms with Crippen LogP contribution in [0.2, 0.25) is 0 Å². The molecule has 0 aromatic carbocycles. The number of carbonyl (C=O) groups is 2. The number of aromatic nitrogens is 4. The van der Waals surface area contributed by atoms with E-state index in [1.54, 1.807) is 6.07 Å². The van der Waals surface area contributed by atoms with Gasteiger partial charge in [0, 0.05) is 6.20 Å². The van der Waals surface area contributed by atoms with Gasteiger partial charge in [-0.2, -0.15) is 5.10 Å². The first-order valence-corrected chi connectivity index (χ1v) is 5.42. The molecule has 2 rings (SSSR count). The van der Waals surface area contributed by atoms with E-state index in [-0.39, 0.29) is 5.56 Å². The normalized spacial score (nSPS) is 11.8. The minimum absolute atomic E-state index is 0.275. The zero-order chi connectivity index (χ0) is 13.8. The van der Waals surface area contributed by atoms with Crippen LogP contribution >= 0.6 is 0 Å². The lowest BCUT2D eigenvalue weighted by Gasteiger charge is -2.09. The Morgan fingerprint density at radius 2 is 2.21 bits per heavy atom. The Hall–Kier alpha value is -2.77. The van der Waals surface area contributed by atoms with E-state index in [1.165, 1.54) is 36.5 Å².